The second-order valence-electron chi connectivity index (χ2n) is 29.8. The number of rotatable bonds is 79. The van der Waals surface area contributed by atoms with Crippen molar-refractivity contribution >= 4 is 39.5 Å². The van der Waals surface area contributed by atoms with E-state index in [0.29, 0.717) is 31.6 Å². The van der Waals surface area contributed by atoms with Gasteiger partial charge in [-0.15, -0.1) is 0 Å². The van der Waals surface area contributed by atoms with Gasteiger partial charge in [-0.05, 0) is 37.5 Å². The smallest absolute Gasteiger partial charge is 0.462 e. The Morgan fingerprint density at radius 2 is 0.465 bits per heavy atom. The predicted octanol–water partition coefficient (Wildman–Crippen LogP) is 23.9. The maximum absolute atomic E-state index is 13.1. The van der Waals surface area contributed by atoms with Gasteiger partial charge < -0.3 is 33.8 Å². The summed E-state index contributed by atoms with van der Waals surface area (Å²) >= 11 is 0. The van der Waals surface area contributed by atoms with Crippen LogP contribution in [-0.2, 0) is 65.4 Å². The molecule has 0 heterocycles. The molecule has 0 amide bonds. The van der Waals surface area contributed by atoms with Gasteiger partial charge in [0, 0.05) is 25.7 Å². The van der Waals surface area contributed by atoms with Gasteiger partial charge in [-0.2, -0.15) is 0 Å². The summed E-state index contributed by atoms with van der Waals surface area (Å²) in [7, 11) is -9.92. The van der Waals surface area contributed by atoms with Crippen LogP contribution in [0.5, 0.6) is 0 Å². The molecule has 2 unspecified atom stereocenters. The fourth-order valence-corrected chi connectivity index (χ4v) is 13.9. The zero-order valence-corrected chi connectivity index (χ0v) is 66.6. The molecule has 0 radical (unpaired) electrons. The van der Waals surface area contributed by atoms with Crippen molar-refractivity contribution in [2.45, 2.75) is 439 Å². The monoisotopic (exact) mass is 1450 g/mol. The average molecular weight is 1450 g/mol. The summed E-state index contributed by atoms with van der Waals surface area (Å²) in [5, 5.41) is 10.6. The van der Waals surface area contributed by atoms with Gasteiger partial charge in [0.2, 0.25) is 0 Å². The molecule has 0 aliphatic rings. The second-order valence-corrected chi connectivity index (χ2v) is 32.7. The molecule has 19 heteroatoms. The maximum atomic E-state index is 13.1. The van der Waals surface area contributed by atoms with E-state index in [1.165, 1.54) is 231 Å². The number of phosphoric ester groups is 2. The SMILES string of the molecule is CCCCCCCCCCCCCCCCCCCCC(=O)O[C@H](COC(=O)CCCCCCCCCCCCCCCC(C)C)COP(=O)(O)OC[C@@H](O)COP(=O)(O)OC[C@@H](COC(=O)CCCCCCCCC(C)C)OC(=O)CCCCCCCCCCCCCCCCCC. The summed E-state index contributed by atoms with van der Waals surface area (Å²) in [5.41, 5.74) is 0. The molecule has 5 atom stereocenters. The van der Waals surface area contributed by atoms with Gasteiger partial charge in [0.05, 0.1) is 26.4 Å². The van der Waals surface area contributed by atoms with E-state index in [0.717, 1.165) is 102 Å². The number of esters is 4. The van der Waals surface area contributed by atoms with E-state index >= 15 is 0 Å². The number of hydrogen-bond donors (Lipinski definition) is 3. The van der Waals surface area contributed by atoms with E-state index in [1.807, 2.05) is 0 Å². The average Bonchev–Trinajstić information content (AvgIpc) is 1.13. The highest BCUT2D eigenvalue weighted by Gasteiger charge is 2.30. The number of aliphatic hydroxyl groups excluding tert-OH is 1. The second kappa shape index (κ2) is 71.7. The summed E-state index contributed by atoms with van der Waals surface area (Å²) in [6.45, 7) is 9.57. The van der Waals surface area contributed by atoms with Gasteiger partial charge in [-0.1, -0.05) is 369 Å². The molecule has 0 bridgehead atoms. The molecule has 0 spiro atoms. The first-order valence-corrected chi connectivity index (χ1v) is 44.5. The number of hydrogen-bond acceptors (Lipinski definition) is 15. The van der Waals surface area contributed by atoms with Crippen LogP contribution in [0.3, 0.4) is 0 Å². The number of unbranched alkanes of at least 4 members (excludes halogenated alkanes) is 49. The minimum Gasteiger partial charge on any atom is -0.462 e. The van der Waals surface area contributed by atoms with Crippen LogP contribution in [0, 0.1) is 11.8 Å². The molecule has 0 fully saturated rings. The zero-order chi connectivity index (χ0) is 72.8. The van der Waals surface area contributed by atoms with Crippen molar-refractivity contribution < 1.29 is 80.2 Å². The highest BCUT2D eigenvalue weighted by molar-refractivity contribution is 7.47. The van der Waals surface area contributed by atoms with Crippen molar-refractivity contribution in [3.8, 4) is 0 Å². The molecule has 0 rings (SSSR count). The number of carbonyl (C=O) groups is 4. The minimum atomic E-state index is -4.96. The van der Waals surface area contributed by atoms with Crippen LogP contribution in [0.1, 0.15) is 420 Å². The van der Waals surface area contributed by atoms with Crippen LogP contribution in [0.4, 0.5) is 0 Å². The lowest BCUT2D eigenvalue weighted by atomic mass is 10.0. The van der Waals surface area contributed by atoms with Gasteiger partial charge in [0.15, 0.2) is 12.2 Å². The zero-order valence-electron chi connectivity index (χ0n) is 64.8. The molecule has 3 N–H and O–H groups in total. The fourth-order valence-electron chi connectivity index (χ4n) is 12.4. The summed E-state index contributed by atoms with van der Waals surface area (Å²) in [4.78, 5) is 73.0. The lowest BCUT2D eigenvalue weighted by molar-refractivity contribution is -0.161. The number of phosphoric acid groups is 2. The number of aliphatic hydroxyl groups is 1. The Kier molecular flexibility index (Phi) is 70.3. The Labute approximate surface area is 607 Å². The Morgan fingerprint density at radius 3 is 0.687 bits per heavy atom. The van der Waals surface area contributed by atoms with Crippen LogP contribution in [0.2, 0.25) is 0 Å². The first-order chi connectivity index (χ1) is 47.9. The van der Waals surface area contributed by atoms with E-state index in [4.69, 9.17) is 37.0 Å². The molecule has 0 aromatic carbocycles. The predicted molar refractivity (Wildman–Crippen MR) is 405 cm³/mol. The van der Waals surface area contributed by atoms with Crippen LogP contribution >= 0.6 is 15.6 Å². The fraction of sp³-hybridized carbons (Fsp3) is 0.950. The van der Waals surface area contributed by atoms with Gasteiger partial charge in [-0.3, -0.25) is 37.3 Å². The van der Waals surface area contributed by atoms with Gasteiger partial charge in [0.1, 0.15) is 19.3 Å². The summed E-state index contributed by atoms with van der Waals surface area (Å²) in [6, 6.07) is 0. The van der Waals surface area contributed by atoms with E-state index in [2.05, 4.69) is 41.5 Å². The largest absolute Gasteiger partial charge is 0.472 e. The Morgan fingerprint density at radius 1 is 0.273 bits per heavy atom. The molecule has 0 saturated carbocycles. The van der Waals surface area contributed by atoms with Gasteiger partial charge >= 0.3 is 39.5 Å². The molecule has 99 heavy (non-hydrogen) atoms. The van der Waals surface area contributed by atoms with E-state index in [9.17, 15) is 43.2 Å². The minimum absolute atomic E-state index is 0.107. The Bertz CT molecular complexity index is 1910. The molecule has 0 aliphatic carbocycles. The number of ether oxygens (including phenoxy) is 4. The molecule has 0 saturated heterocycles. The Balaban J connectivity index is 5.23. The van der Waals surface area contributed by atoms with Gasteiger partial charge in [0.25, 0.3) is 0 Å². The molecular formula is C80H156O17P2. The van der Waals surface area contributed by atoms with Crippen molar-refractivity contribution in [3.05, 3.63) is 0 Å². The van der Waals surface area contributed by atoms with E-state index in [1.54, 1.807) is 0 Å². The standard InChI is InChI=1S/C80H156O17P2/c1-7-9-11-13-15-17-19-21-23-25-26-28-32-37-41-45-53-59-64-79(84)96-75(68-90-77(82)62-56-50-43-39-35-33-29-30-34-38-42-48-54-60-72(3)4)70-94-98(86,87)92-66-74(81)67-93-99(88,89)95-71-76(69-91-78(83)63-57-51-47-46-49-55-61-73(5)6)97-80(85)65-58-52-44-40-36-31-27-24-22-20-18-16-14-12-10-8-2/h72-76,81H,7-71H2,1-6H3,(H,86,87)(H,88,89)/t74-,75-,76-/m1/s1. The first-order valence-electron chi connectivity index (χ1n) is 41.5. The summed E-state index contributed by atoms with van der Waals surface area (Å²) in [6.07, 6.45) is 61.2. The van der Waals surface area contributed by atoms with Crippen LogP contribution in [0.25, 0.3) is 0 Å². The third-order valence-corrected chi connectivity index (χ3v) is 20.6. The molecule has 0 aliphatic heterocycles. The first kappa shape index (κ1) is 97.1. The highest BCUT2D eigenvalue weighted by Crippen LogP contribution is 2.45. The van der Waals surface area contributed by atoms with Gasteiger partial charge in [-0.25, -0.2) is 9.13 Å². The van der Waals surface area contributed by atoms with E-state index < -0.39 is 97.5 Å². The quantitative estimate of drug-likeness (QED) is 0.0222. The number of carbonyl (C=O) groups excluding carboxylic acids is 4. The van der Waals surface area contributed by atoms with E-state index in [-0.39, 0.29) is 25.7 Å². The molecule has 17 nitrogen and oxygen atoms in total. The van der Waals surface area contributed by atoms with Crippen molar-refractivity contribution in [3.63, 3.8) is 0 Å². The highest BCUT2D eigenvalue weighted by atomic mass is 31.2. The van der Waals surface area contributed by atoms with Crippen molar-refractivity contribution in [2.75, 3.05) is 39.6 Å². The van der Waals surface area contributed by atoms with Crippen molar-refractivity contribution in [2.24, 2.45) is 11.8 Å². The lowest BCUT2D eigenvalue weighted by Crippen LogP contribution is -2.30. The normalized spacial score (nSPS) is 13.9. The van der Waals surface area contributed by atoms with Crippen molar-refractivity contribution in [1.82, 2.24) is 0 Å². The molecule has 588 valence electrons. The van der Waals surface area contributed by atoms with Crippen LogP contribution < -0.4 is 0 Å². The van der Waals surface area contributed by atoms with Crippen LogP contribution in [-0.4, -0.2) is 96.7 Å². The maximum Gasteiger partial charge on any atom is 0.472 e. The topological polar surface area (TPSA) is 237 Å². The lowest BCUT2D eigenvalue weighted by Gasteiger charge is -2.21. The molecule has 0 aromatic heterocycles. The summed E-state index contributed by atoms with van der Waals surface area (Å²) < 4.78 is 68.7. The van der Waals surface area contributed by atoms with Crippen molar-refractivity contribution in [1.29, 1.82) is 0 Å². The molecule has 0 aromatic rings. The third kappa shape index (κ3) is 74.1. The third-order valence-electron chi connectivity index (χ3n) is 18.7. The molecular weight excluding hydrogens is 1290 g/mol. The van der Waals surface area contributed by atoms with Crippen LogP contribution in [0.15, 0.2) is 0 Å². The summed E-state index contributed by atoms with van der Waals surface area (Å²) in [5.74, 6) is -0.640. The Hall–Kier alpha value is -1.94.